The molecular formula is C29H32N6O5S. The molecule has 12 heteroatoms. The van der Waals surface area contributed by atoms with E-state index >= 15 is 0 Å². The number of aromatic nitrogens is 1. The van der Waals surface area contributed by atoms with E-state index in [1.807, 2.05) is 37.3 Å². The van der Waals surface area contributed by atoms with E-state index in [0.29, 0.717) is 30.8 Å². The number of rotatable bonds is 8. The zero-order valence-electron chi connectivity index (χ0n) is 22.9. The van der Waals surface area contributed by atoms with E-state index in [1.54, 1.807) is 24.6 Å². The number of nitrogens with zero attached hydrogens (tertiary/aromatic N) is 2. The van der Waals surface area contributed by atoms with Crippen LogP contribution in [-0.2, 0) is 25.6 Å². The molecule has 1 atom stereocenters. The third-order valence-electron chi connectivity index (χ3n) is 7.25. The summed E-state index contributed by atoms with van der Waals surface area (Å²) in [5.74, 6) is -2.61. The molecule has 5 rings (SSSR count). The number of carbonyl (C=O) groups excluding carboxylic acids is 3. The van der Waals surface area contributed by atoms with E-state index in [-0.39, 0.29) is 31.2 Å². The summed E-state index contributed by atoms with van der Waals surface area (Å²) in [5.41, 5.74) is 10.1. The Kier molecular flexibility index (Phi) is 8.15. The molecule has 0 radical (unpaired) electrons. The summed E-state index contributed by atoms with van der Waals surface area (Å²) < 4.78 is 11.7. The number of hydrogen-bond acceptors (Lipinski definition) is 8. The first kappa shape index (κ1) is 28.4. The summed E-state index contributed by atoms with van der Waals surface area (Å²) in [6, 6.07) is 10.6. The highest BCUT2D eigenvalue weighted by Gasteiger charge is 2.57. The number of nitrogens with one attached hydrogen (secondary N) is 3. The number of aryl methyl sites for hydroxylation is 2. The monoisotopic (exact) mass is 576 g/mol. The number of amidine groups is 1. The predicted molar refractivity (Wildman–Crippen MR) is 153 cm³/mol. The van der Waals surface area contributed by atoms with Gasteiger partial charge in [0.25, 0.3) is 5.91 Å². The van der Waals surface area contributed by atoms with E-state index in [0.717, 1.165) is 21.6 Å². The molecule has 11 nitrogen and oxygen atoms in total. The molecular weight excluding hydrogens is 544 g/mol. The fourth-order valence-corrected chi connectivity index (χ4v) is 5.93. The average Bonchev–Trinajstić information content (AvgIpc) is 3.71. The van der Waals surface area contributed by atoms with Crippen molar-refractivity contribution in [3.63, 3.8) is 0 Å². The van der Waals surface area contributed by atoms with Gasteiger partial charge in [-0.1, -0.05) is 29.8 Å². The minimum absolute atomic E-state index is 0.0484. The molecule has 3 aromatic rings. The Morgan fingerprint density at radius 1 is 1.12 bits per heavy atom. The van der Waals surface area contributed by atoms with Crippen LogP contribution in [0.1, 0.15) is 38.5 Å². The van der Waals surface area contributed by atoms with Gasteiger partial charge < -0.3 is 30.7 Å². The van der Waals surface area contributed by atoms with Crippen LogP contribution in [0, 0.1) is 19.3 Å². The molecule has 0 aliphatic carbocycles. The van der Waals surface area contributed by atoms with Gasteiger partial charge in [0, 0.05) is 40.5 Å². The minimum Gasteiger partial charge on any atom is -0.384 e. The molecule has 4 heterocycles. The van der Waals surface area contributed by atoms with Crippen LogP contribution in [0.3, 0.4) is 0 Å². The van der Waals surface area contributed by atoms with Crippen molar-refractivity contribution in [2.24, 2.45) is 5.73 Å². The van der Waals surface area contributed by atoms with Gasteiger partial charge in [-0.15, -0.1) is 11.3 Å². The number of benzene rings is 1. The lowest BCUT2D eigenvalue weighted by Crippen LogP contribution is -2.57. The van der Waals surface area contributed by atoms with Crippen molar-refractivity contribution in [1.29, 1.82) is 5.41 Å². The van der Waals surface area contributed by atoms with Crippen LogP contribution in [0.25, 0.3) is 11.1 Å². The van der Waals surface area contributed by atoms with Crippen molar-refractivity contribution in [2.45, 2.75) is 38.6 Å². The molecule has 1 aromatic carbocycles. The molecule has 5 N–H and O–H groups in total. The number of hydrogen-bond donors (Lipinski definition) is 4. The highest BCUT2D eigenvalue weighted by atomic mass is 32.1. The molecule has 2 saturated heterocycles. The lowest BCUT2D eigenvalue weighted by molar-refractivity contribution is -0.183. The van der Waals surface area contributed by atoms with Crippen molar-refractivity contribution in [1.82, 2.24) is 20.5 Å². The Morgan fingerprint density at radius 2 is 1.85 bits per heavy atom. The molecule has 2 fully saturated rings. The van der Waals surface area contributed by atoms with Gasteiger partial charge in [0.15, 0.2) is 11.8 Å². The standard InChI is InChI=1S/C29H32N6O5S/c1-17-3-5-19(6-4-17)20-11-18(2)24(32-13-20)27(37)34-15-23(36)35-8-7-29(39-9-10-40-29)25(35)28(38)33-14-22-12-21(16-41-22)26(30)31/h3-6,11-13,16,25H,7-10,14-15H2,1-2H3,(H3,30,31)(H,33,38)(H,34,37)/t25-/m1/s1. The van der Waals surface area contributed by atoms with Crippen molar-refractivity contribution in [3.8, 4) is 11.1 Å². The predicted octanol–water partition coefficient (Wildman–Crippen LogP) is 2.10. The van der Waals surface area contributed by atoms with Gasteiger partial charge in [-0.3, -0.25) is 24.8 Å². The maximum atomic E-state index is 13.4. The lowest BCUT2D eigenvalue weighted by atomic mass is 10.0. The normalized spacial score (nSPS) is 17.5. The van der Waals surface area contributed by atoms with E-state index in [1.165, 1.54) is 16.2 Å². The summed E-state index contributed by atoms with van der Waals surface area (Å²) >= 11 is 1.37. The van der Waals surface area contributed by atoms with Gasteiger partial charge in [-0.2, -0.15) is 0 Å². The van der Waals surface area contributed by atoms with Crippen molar-refractivity contribution >= 4 is 34.9 Å². The Hall–Kier alpha value is -4.13. The summed E-state index contributed by atoms with van der Waals surface area (Å²) in [7, 11) is 0. The molecule has 2 aliphatic heterocycles. The van der Waals surface area contributed by atoms with Gasteiger partial charge in [0.2, 0.25) is 11.8 Å². The van der Waals surface area contributed by atoms with Crippen LogP contribution in [0.4, 0.5) is 0 Å². The second-order valence-corrected chi connectivity index (χ2v) is 11.1. The molecule has 0 unspecified atom stereocenters. The van der Waals surface area contributed by atoms with Gasteiger partial charge in [0.1, 0.15) is 11.5 Å². The van der Waals surface area contributed by atoms with Crippen LogP contribution in [0.2, 0.25) is 0 Å². The second-order valence-electron chi connectivity index (χ2n) is 10.1. The highest BCUT2D eigenvalue weighted by molar-refractivity contribution is 7.10. The lowest BCUT2D eigenvalue weighted by Gasteiger charge is -2.32. The largest absolute Gasteiger partial charge is 0.384 e. The molecule has 41 heavy (non-hydrogen) atoms. The van der Waals surface area contributed by atoms with Crippen molar-refractivity contribution in [2.75, 3.05) is 26.3 Å². The van der Waals surface area contributed by atoms with E-state index in [9.17, 15) is 14.4 Å². The zero-order chi connectivity index (χ0) is 29.1. The van der Waals surface area contributed by atoms with E-state index in [2.05, 4.69) is 15.6 Å². The fourth-order valence-electron chi connectivity index (χ4n) is 5.11. The maximum Gasteiger partial charge on any atom is 0.270 e. The molecule has 0 bridgehead atoms. The fraction of sp³-hybridized carbons (Fsp3) is 0.345. The number of likely N-dealkylation sites (tertiary alicyclic amines) is 1. The summed E-state index contributed by atoms with van der Waals surface area (Å²) in [5, 5.41) is 14.8. The van der Waals surface area contributed by atoms with Crippen LogP contribution in [0.5, 0.6) is 0 Å². The highest BCUT2D eigenvalue weighted by Crippen LogP contribution is 2.37. The molecule has 214 valence electrons. The van der Waals surface area contributed by atoms with E-state index < -0.39 is 29.6 Å². The van der Waals surface area contributed by atoms with Gasteiger partial charge in [-0.25, -0.2) is 0 Å². The molecule has 0 saturated carbocycles. The number of nitrogen functional groups attached to an aromatic ring is 1. The number of ether oxygens (including phenoxy) is 2. The Balaban J connectivity index is 1.24. The van der Waals surface area contributed by atoms with Crippen LogP contribution in [-0.4, -0.2) is 71.6 Å². The second kappa shape index (κ2) is 11.8. The van der Waals surface area contributed by atoms with Crippen molar-refractivity contribution in [3.05, 3.63) is 75.2 Å². The molecule has 1 spiro atoms. The Morgan fingerprint density at radius 3 is 2.51 bits per heavy atom. The van der Waals surface area contributed by atoms with Crippen LogP contribution >= 0.6 is 11.3 Å². The first-order valence-corrected chi connectivity index (χ1v) is 14.1. The van der Waals surface area contributed by atoms with Gasteiger partial charge in [0.05, 0.1) is 26.3 Å². The number of amides is 3. The smallest absolute Gasteiger partial charge is 0.270 e. The number of thiophene rings is 1. The average molecular weight is 577 g/mol. The van der Waals surface area contributed by atoms with Crippen LogP contribution in [0.15, 0.2) is 48.0 Å². The van der Waals surface area contributed by atoms with Crippen LogP contribution < -0.4 is 16.4 Å². The number of carbonyl (C=O) groups is 3. The van der Waals surface area contributed by atoms with E-state index in [4.69, 9.17) is 20.6 Å². The Labute approximate surface area is 241 Å². The SMILES string of the molecule is Cc1ccc(-c2cnc(C(=O)NCC(=O)N3CCC4(OCCO4)[C@H]3C(=O)NCc3cc(C(=N)N)cs3)c(C)c2)cc1. The summed E-state index contributed by atoms with van der Waals surface area (Å²) in [6.45, 7) is 4.58. The molecule has 3 amide bonds. The third kappa shape index (κ3) is 5.99. The van der Waals surface area contributed by atoms with Gasteiger partial charge >= 0.3 is 0 Å². The summed E-state index contributed by atoms with van der Waals surface area (Å²) in [4.78, 5) is 46.2. The Bertz CT molecular complexity index is 1480. The first-order chi connectivity index (χ1) is 19.7. The van der Waals surface area contributed by atoms with Crippen molar-refractivity contribution < 1.29 is 23.9 Å². The zero-order valence-corrected chi connectivity index (χ0v) is 23.7. The number of nitrogens with two attached hydrogens (primary N) is 1. The molecule has 2 aromatic heterocycles. The molecule has 2 aliphatic rings. The minimum atomic E-state index is -1.23. The number of pyridine rings is 1. The topological polar surface area (TPSA) is 160 Å². The first-order valence-electron chi connectivity index (χ1n) is 13.3. The van der Waals surface area contributed by atoms with Gasteiger partial charge in [-0.05, 0) is 37.1 Å². The third-order valence-corrected chi connectivity index (χ3v) is 8.19. The summed E-state index contributed by atoms with van der Waals surface area (Å²) in [6.07, 6.45) is 1.97. The maximum absolute atomic E-state index is 13.4. The quantitative estimate of drug-likeness (QED) is 0.236.